The van der Waals surface area contributed by atoms with E-state index < -0.39 is 11.6 Å². The van der Waals surface area contributed by atoms with Crippen LogP contribution in [0.1, 0.15) is 37.7 Å². The van der Waals surface area contributed by atoms with E-state index in [1.807, 2.05) is 0 Å². The highest BCUT2D eigenvalue weighted by atomic mass is 16.4. The van der Waals surface area contributed by atoms with Gasteiger partial charge in [0.25, 0.3) is 0 Å². The lowest BCUT2D eigenvalue weighted by Crippen LogP contribution is -2.43. The van der Waals surface area contributed by atoms with Crippen molar-refractivity contribution in [1.82, 2.24) is 0 Å². The fourth-order valence-corrected chi connectivity index (χ4v) is 2.64. The second-order valence-corrected chi connectivity index (χ2v) is 4.63. The van der Waals surface area contributed by atoms with E-state index in [-0.39, 0.29) is 5.92 Å². The molecule has 17 heavy (non-hydrogen) atoms. The van der Waals surface area contributed by atoms with E-state index in [2.05, 4.69) is 12.1 Å². The molecule has 1 aliphatic rings. The third kappa shape index (κ3) is 2.13. The molecule has 0 spiro atoms. The molecule has 0 amide bonds. The van der Waals surface area contributed by atoms with Crippen LogP contribution in [0.3, 0.4) is 0 Å². The normalized spacial score (nSPS) is 20.3. The minimum Gasteiger partial charge on any atom is -0.479 e. The van der Waals surface area contributed by atoms with Gasteiger partial charge in [-0.2, -0.15) is 0 Å². The van der Waals surface area contributed by atoms with Crippen LogP contribution in [0.5, 0.6) is 0 Å². The van der Waals surface area contributed by atoms with Crippen molar-refractivity contribution in [3.05, 3.63) is 35.9 Å². The highest BCUT2D eigenvalue weighted by molar-refractivity contribution is 5.79. The standard InChI is InChI=1S/C14H16O3/c15-13(16)14(17,11-7-3-1-4-8-11)12-9-5-2-6-10-12/h5,9-11,17H,1,3-4,7-8H2,(H,15,16). The van der Waals surface area contributed by atoms with Crippen LogP contribution in [0, 0.1) is 18.1 Å². The maximum absolute atomic E-state index is 11.4. The van der Waals surface area contributed by atoms with Gasteiger partial charge in [0.15, 0.2) is 5.60 Å². The summed E-state index contributed by atoms with van der Waals surface area (Å²) in [7, 11) is 0. The van der Waals surface area contributed by atoms with Crippen LogP contribution in [-0.2, 0) is 10.4 Å². The lowest BCUT2D eigenvalue weighted by molar-refractivity contribution is -0.168. The number of aliphatic carboxylic acids is 1. The molecule has 90 valence electrons. The van der Waals surface area contributed by atoms with E-state index in [1.54, 1.807) is 12.1 Å². The molecule has 1 aromatic carbocycles. The van der Waals surface area contributed by atoms with Crippen LogP contribution in [0.4, 0.5) is 0 Å². The second-order valence-electron chi connectivity index (χ2n) is 4.63. The van der Waals surface area contributed by atoms with E-state index >= 15 is 0 Å². The van der Waals surface area contributed by atoms with Gasteiger partial charge in [0.1, 0.15) is 0 Å². The Kier molecular flexibility index (Phi) is 3.35. The number of aliphatic hydroxyl groups is 1. The fraction of sp³-hybridized carbons (Fsp3) is 0.500. The summed E-state index contributed by atoms with van der Waals surface area (Å²) >= 11 is 0. The number of hydrogen-bond donors (Lipinski definition) is 2. The fourth-order valence-electron chi connectivity index (χ4n) is 2.64. The molecule has 0 bridgehead atoms. The maximum atomic E-state index is 11.4. The topological polar surface area (TPSA) is 57.5 Å². The molecule has 0 aliphatic heterocycles. The first kappa shape index (κ1) is 11.9. The SMILES string of the molecule is O=C(O)C(O)(c1cc#ccc1)C1CCCCC1. The quantitative estimate of drug-likeness (QED) is 0.839. The van der Waals surface area contributed by atoms with Crippen molar-refractivity contribution >= 4 is 5.97 Å². The van der Waals surface area contributed by atoms with Gasteiger partial charge in [-0.15, -0.1) is 0 Å². The Morgan fingerprint density at radius 3 is 2.53 bits per heavy atom. The van der Waals surface area contributed by atoms with Gasteiger partial charge in [0.05, 0.1) is 0 Å². The van der Waals surface area contributed by atoms with Crippen molar-refractivity contribution in [1.29, 1.82) is 0 Å². The molecule has 1 saturated carbocycles. The predicted octanol–water partition coefficient (Wildman–Crippen LogP) is 2.14. The van der Waals surface area contributed by atoms with Crippen molar-refractivity contribution in [2.75, 3.05) is 0 Å². The summed E-state index contributed by atoms with van der Waals surface area (Å²) in [5.41, 5.74) is -1.36. The molecule has 0 heterocycles. The largest absolute Gasteiger partial charge is 0.479 e. The Balaban J connectivity index is 2.35. The Morgan fingerprint density at radius 2 is 2.00 bits per heavy atom. The molecule has 2 rings (SSSR count). The smallest absolute Gasteiger partial charge is 0.340 e. The third-order valence-corrected chi connectivity index (χ3v) is 3.62. The molecule has 2 N–H and O–H groups in total. The summed E-state index contributed by atoms with van der Waals surface area (Å²) in [5, 5.41) is 19.9. The summed E-state index contributed by atoms with van der Waals surface area (Å²) in [6.45, 7) is 0. The summed E-state index contributed by atoms with van der Waals surface area (Å²) in [6, 6.07) is 10.1. The number of rotatable bonds is 3. The monoisotopic (exact) mass is 232 g/mol. The first-order valence-electron chi connectivity index (χ1n) is 5.99. The van der Waals surface area contributed by atoms with Crippen LogP contribution < -0.4 is 0 Å². The highest BCUT2D eigenvalue weighted by Gasteiger charge is 2.45. The van der Waals surface area contributed by atoms with Gasteiger partial charge in [-0.3, -0.25) is 0 Å². The third-order valence-electron chi connectivity index (χ3n) is 3.62. The minimum atomic E-state index is -1.77. The minimum absolute atomic E-state index is 0.204. The van der Waals surface area contributed by atoms with Gasteiger partial charge in [-0.05, 0) is 31.0 Å². The molecule has 0 radical (unpaired) electrons. The zero-order valence-electron chi connectivity index (χ0n) is 9.65. The highest BCUT2D eigenvalue weighted by Crippen LogP contribution is 2.39. The molecular formula is C14H16O3. The van der Waals surface area contributed by atoms with Gasteiger partial charge >= 0.3 is 5.97 Å². The molecule has 0 saturated heterocycles. The molecule has 3 nitrogen and oxygen atoms in total. The molecular weight excluding hydrogens is 216 g/mol. The van der Waals surface area contributed by atoms with E-state index in [0.717, 1.165) is 32.1 Å². The number of carbonyl (C=O) groups is 1. The van der Waals surface area contributed by atoms with E-state index in [9.17, 15) is 15.0 Å². The van der Waals surface area contributed by atoms with Crippen molar-refractivity contribution < 1.29 is 15.0 Å². The zero-order chi connectivity index (χ0) is 12.3. The van der Waals surface area contributed by atoms with Crippen LogP contribution in [0.15, 0.2) is 18.2 Å². The molecule has 1 aliphatic carbocycles. The van der Waals surface area contributed by atoms with Crippen molar-refractivity contribution in [3.8, 4) is 0 Å². The van der Waals surface area contributed by atoms with E-state index in [4.69, 9.17) is 0 Å². The first-order chi connectivity index (χ1) is 8.15. The van der Waals surface area contributed by atoms with Crippen LogP contribution in [-0.4, -0.2) is 16.2 Å². The van der Waals surface area contributed by atoms with Gasteiger partial charge < -0.3 is 10.2 Å². The average molecular weight is 232 g/mol. The summed E-state index contributed by atoms with van der Waals surface area (Å²) < 4.78 is 0. The zero-order valence-corrected chi connectivity index (χ0v) is 9.65. The number of carboxylic acid groups (broad SMARTS) is 1. The van der Waals surface area contributed by atoms with Gasteiger partial charge in [-0.25, -0.2) is 4.79 Å². The lowest BCUT2D eigenvalue weighted by Gasteiger charge is -2.35. The maximum Gasteiger partial charge on any atom is 0.340 e. The van der Waals surface area contributed by atoms with Gasteiger partial charge in [-0.1, -0.05) is 31.4 Å². The van der Waals surface area contributed by atoms with Crippen LogP contribution in [0.2, 0.25) is 0 Å². The molecule has 1 aromatic rings. The summed E-state index contributed by atoms with van der Waals surface area (Å²) in [6.07, 6.45) is 4.63. The predicted molar refractivity (Wildman–Crippen MR) is 62.2 cm³/mol. The molecule has 1 fully saturated rings. The Hall–Kier alpha value is -1.53. The second kappa shape index (κ2) is 4.77. The van der Waals surface area contributed by atoms with Crippen molar-refractivity contribution in [2.24, 2.45) is 5.92 Å². The van der Waals surface area contributed by atoms with E-state index in [0.29, 0.717) is 5.56 Å². The molecule has 0 aromatic heterocycles. The Bertz CT molecular complexity index is 382. The molecule has 1 unspecified atom stereocenters. The van der Waals surface area contributed by atoms with Crippen LogP contribution in [0.25, 0.3) is 0 Å². The van der Waals surface area contributed by atoms with Gasteiger partial charge in [0, 0.05) is 11.5 Å². The van der Waals surface area contributed by atoms with Crippen LogP contribution >= 0.6 is 0 Å². The van der Waals surface area contributed by atoms with Crippen molar-refractivity contribution in [3.63, 3.8) is 0 Å². The number of carboxylic acids is 1. The van der Waals surface area contributed by atoms with Gasteiger partial charge in [0.2, 0.25) is 0 Å². The molecule has 1 atom stereocenters. The average Bonchev–Trinajstić information content (AvgIpc) is 2.39. The van der Waals surface area contributed by atoms with E-state index in [1.165, 1.54) is 6.07 Å². The lowest BCUT2D eigenvalue weighted by atomic mass is 9.73. The first-order valence-corrected chi connectivity index (χ1v) is 5.99. The Labute approximate surface area is 101 Å². The Morgan fingerprint density at radius 1 is 1.29 bits per heavy atom. The molecule has 3 heteroatoms. The summed E-state index contributed by atoms with van der Waals surface area (Å²) in [4.78, 5) is 11.4. The van der Waals surface area contributed by atoms with Crippen molar-refractivity contribution in [2.45, 2.75) is 37.7 Å². The summed E-state index contributed by atoms with van der Waals surface area (Å²) in [5.74, 6) is -1.37. The number of hydrogen-bond acceptors (Lipinski definition) is 2.